The van der Waals surface area contributed by atoms with Crippen LogP contribution in [-0.4, -0.2) is 6.43 Å². The second kappa shape index (κ2) is 4.36. The second-order valence-corrected chi connectivity index (χ2v) is 2.09. The smallest absolute Gasteiger partial charge is 0.212 e. The average molecular weight is 152 g/mol. The minimum absolute atomic E-state index is 0.218. The molecule has 0 aliphatic rings. The van der Waals surface area contributed by atoms with Crippen LogP contribution in [0.2, 0.25) is 0 Å². The zero-order chi connectivity index (χ0) is 8.15. The number of halogens is 3. The zero-order valence-electron chi connectivity index (χ0n) is 6.13. The summed E-state index contributed by atoms with van der Waals surface area (Å²) in [4.78, 5) is 0. The molecule has 0 saturated heterocycles. The highest BCUT2D eigenvalue weighted by molar-refractivity contribution is 5.05. The first-order chi connectivity index (χ1) is 4.57. The molecule has 0 spiro atoms. The van der Waals surface area contributed by atoms with E-state index in [0.717, 1.165) is 0 Å². The lowest BCUT2D eigenvalue weighted by atomic mass is 10.1. The van der Waals surface area contributed by atoms with Crippen LogP contribution in [0.4, 0.5) is 13.2 Å². The first-order valence-electron chi connectivity index (χ1n) is 3.20. The zero-order valence-corrected chi connectivity index (χ0v) is 6.13. The third-order valence-corrected chi connectivity index (χ3v) is 1.31. The van der Waals surface area contributed by atoms with Crippen LogP contribution in [0.1, 0.15) is 26.7 Å². The van der Waals surface area contributed by atoms with E-state index in [4.69, 9.17) is 0 Å². The van der Waals surface area contributed by atoms with Gasteiger partial charge in [0.05, 0.1) is 5.83 Å². The molecule has 0 unspecified atom stereocenters. The van der Waals surface area contributed by atoms with Crippen molar-refractivity contribution < 1.29 is 13.2 Å². The number of rotatable bonds is 3. The lowest BCUT2D eigenvalue weighted by Crippen LogP contribution is -1.94. The molecule has 0 bridgehead atoms. The summed E-state index contributed by atoms with van der Waals surface area (Å²) in [6.07, 6.45) is -2.49. The Morgan fingerprint density at radius 2 is 1.90 bits per heavy atom. The summed E-state index contributed by atoms with van der Waals surface area (Å²) in [7, 11) is 0. The maximum atomic E-state index is 12.3. The van der Waals surface area contributed by atoms with Gasteiger partial charge in [0, 0.05) is 6.42 Å². The lowest BCUT2D eigenvalue weighted by molar-refractivity contribution is 0.147. The summed E-state index contributed by atoms with van der Waals surface area (Å²) in [5.41, 5.74) is 0.218. The topological polar surface area (TPSA) is 0 Å². The molecule has 0 aromatic rings. The van der Waals surface area contributed by atoms with E-state index in [0.29, 0.717) is 6.42 Å². The third kappa shape index (κ3) is 3.54. The fraction of sp³-hybridized carbons (Fsp3) is 0.714. The molecule has 60 valence electrons. The summed E-state index contributed by atoms with van der Waals surface area (Å²) in [5.74, 6) is -0.470. The SMILES string of the molecule is CC/C(CC(F)F)=C(\C)F. The summed E-state index contributed by atoms with van der Waals surface area (Å²) in [6, 6.07) is 0. The fourth-order valence-electron chi connectivity index (χ4n) is 0.715. The monoisotopic (exact) mass is 152 g/mol. The minimum Gasteiger partial charge on any atom is -0.212 e. The Morgan fingerprint density at radius 3 is 2.00 bits per heavy atom. The predicted octanol–water partition coefficient (Wildman–Crippen LogP) is 3.30. The lowest BCUT2D eigenvalue weighted by Gasteiger charge is -2.02. The van der Waals surface area contributed by atoms with Gasteiger partial charge in [0.25, 0.3) is 0 Å². The van der Waals surface area contributed by atoms with Gasteiger partial charge in [-0.1, -0.05) is 6.92 Å². The van der Waals surface area contributed by atoms with E-state index in [2.05, 4.69) is 0 Å². The number of alkyl halides is 2. The van der Waals surface area contributed by atoms with E-state index in [1.165, 1.54) is 6.92 Å². The first kappa shape index (κ1) is 9.53. The van der Waals surface area contributed by atoms with Gasteiger partial charge in [-0.25, -0.2) is 13.2 Å². The van der Waals surface area contributed by atoms with Crippen LogP contribution in [0.25, 0.3) is 0 Å². The van der Waals surface area contributed by atoms with E-state index in [9.17, 15) is 13.2 Å². The molecule has 0 radical (unpaired) electrons. The van der Waals surface area contributed by atoms with E-state index >= 15 is 0 Å². The van der Waals surface area contributed by atoms with E-state index in [-0.39, 0.29) is 5.57 Å². The molecule has 10 heavy (non-hydrogen) atoms. The highest BCUT2D eigenvalue weighted by atomic mass is 19.3. The van der Waals surface area contributed by atoms with E-state index in [1.54, 1.807) is 6.92 Å². The highest BCUT2D eigenvalue weighted by Crippen LogP contribution is 2.17. The molecule has 0 nitrogen and oxygen atoms in total. The van der Waals surface area contributed by atoms with Gasteiger partial charge in [-0.15, -0.1) is 0 Å². The summed E-state index contributed by atoms with van der Waals surface area (Å²) >= 11 is 0. The van der Waals surface area contributed by atoms with Crippen molar-refractivity contribution in [3.05, 3.63) is 11.4 Å². The van der Waals surface area contributed by atoms with Gasteiger partial charge >= 0.3 is 0 Å². The Bertz CT molecular complexity index is 123. The number of hydrogen-bond donors (Lipinski definition) is 0. The van der Waals surface area contributed by atoms with Crippen LogP contribution < -0.4 is 0 Å². The van der Waals surface area contributed by atoms with Crippen molar-refractivity contribution in [1.29, 1.82) is 0 Å². The largest absolute Gasteiger partial charge is 0.242 e. The number of allylic oxidation sites excluding steroid dienone is 2. The van der Waals surface area contributed by atoms with Gasteiger partial charge in [-0.05, 0) is 18.9 Å². The van der Waals surface area contributed by atoms with Gasteiger partial charge in [0.15, 0.2) is 0 Å². The Labute approximate surface area is 58.7 Å². The Morgan fingerprint density at radius 1 is 1.40 bits per heavy atom. The molecule has 0 amide bonds. The molecular formula is C7H11F3. The van der Waals surface area contributed by atoms with Crippen LogP contribution >= 0.6 is 0 Å². The van der Waals surface area contributed by atoms with E-state index in [1.807, 2.05) is 0 Å². The Kier molecular flexibility index (Phi) is 4.16. The van der Waals surface area contributed by atoms with Crippen molar-refractivity contribution in [3.8, 4) is 0 Å². The summed E-state index contributed by atoms with van der Waals surface area (Å²) in [5, 5.41) is 0. The van der Waals surface area contributed by atoms with Crippen molar-refractivity contribution in [2.75, 3.05) is 0 Å². The maximum absolute atomic E-state index is 12.3. The molecule has 3 heteroatoms. The van der Waals surface area contributed by atoms with Crippen molar-refractivity contribution in [3.63, 3.8) is 0 Å². The molecule has 0 atom stereocenters. The standard InChI is InChI=1S/C7H11F3/c1-3-6(5(2)8)4-7(9)10/h7H,3-4H2,1-2H3/b6-5-. The van der Waals surface area contributed by atoms with Gasteiger partial charge < -0.3 is 0 Å². The highest BCUT2D eigenvalue weighted by Gasteiger charge is 2.07. The molecule has 0 rings (SSSR count). The van der Waals surface area contributed by atoms with Crippen molar-refractivity contribution in [2.24, 2.45) is 0 Å². The molecule has 0 fully saturated rings. The molecule has 0 aliphatic heterocycles. The Hall–Kier alpha value is -0.470. The van der Waals surface area contributed by atoms with Crippen LogP contribution in [0.3, 0.4) is 0 Å². The van der Waals surface area contributed by atoms with Crippen LogP contribution in [0, 0.1) is 0 Å². The normalized spacial score (nSPS) is 13.8. The summed E-state index contributed by atoms with van der Waals surface area (Å²) in [6.45, 7) is 2.88. The molecule has 0 N–H and O–H groups in total. The Balaban J connectivity index is 3.97. The second-order valence-electron chi connectivity index (χ2n) is 2.09. The van der Waals surface area contributed by atoms with Crippen molar-refractivity contribution in [2.45, 2.75) is 33.1 Å². The van der Waals surface area contributed by atoms with Crippen molar-refractivity contribution >= 4 is 0 Å². The minimum atomic E-state index is -2.43. The number of hydrogen-bond acceptors (Lipinski definition) is 0. The quantitative estimate of drug-likeness (QED) is 0.582. The molecular weight excluding hydrogens is 141 g/mol. The van der Waals surface area contributed by atoms with Gasteiger partial charge in [-0.2, -0.15) is 0 Å². The molecule has 0 saturated carbocycles. The molecule has 0 heterocycles. The van der Waals surface area contributed by atoms with Crippen LogP contribution in [0.15, 0.2) is 11.4 Å². The fourth-order valence-corrected chi connectivity index (χ4v) is 0.715. The van der Waals surface area contributed by atoms with Gasteiger partial charge in [0.1, 0.15) is 0 Å². The first-order valence-corrected chi connectivity index (χ1v) is 3.20. The van der Waals surface area contributed by atoms with E-state index < -0.39 is 18.7 Å². The van der Waals surface area contributed by atoms with Gasteiger partial charge in [0.2, 0.25) is 6.43 Å². The molecule has 0 aliphatic carbocycles. The molecule has 0 aromatic heterocycles. The molecule has 0 aromatic carbocycles. The maximum Gasteiger partial charge on any atom is 0.242 e. The van der Waals surface area contributed by atoms with Crippen LogP contribution in [0.5, 0.6) is 0 Å². The third-order valence-electron chi connectivity index (χ3n) is 1.31. The predicted molar refractivity (Wildman–Crippen MR) is 34.7 cm³/mol. The van der Waals surface area contributed by atoms with Gasteiger partial charge in [-0.3, -0.25) is 0 Å². The average Bonchev–Trinajstić information content (AvgIpc) is 1.81. The van der Waals surface area contributed by atoms with Crippen LogP contribution in [-0.2, 0) is 0 Å². The summed E-state index contributed by atoms with van der Waals surface area (Å²) < 4.78 is 35.5. The van der Waals surface area contributed by atoms with Crippen molar-refractivity contribution in [1.82, 2.24) is 0 Å².